The van der Waals surface area contributed by atoms with Crippen LogP contribution < -0.4 is 0 Å². The molecule has 0 bridgehead atoms. The van der Waals surface area contributed by atoms with Crippen molar-refractivity contribution in [2.45, 2.75) is 19.8 Å². The van der Waals surface area contributed by atoms with E-state index < -0.39 is 0 Å². The highest BCUT2D eigenvalue weighted by Gasteiger charge is 2.42. The third-order valence-corrected chi connectivity index (χ3v) is 1.86. The van der Waals surface area contributed by atoms with Gasteiger partial charge < -0.3 is 4.79 Å². The number of hydrogen-bond acceptors (Lipinski definition) is 1. The van der Waals surface area contributed by atoms with Gasteiger partial charge in [0.1, 0.15) is 6.29 Å². The molecule has 0 aromatic heterocycles. The van der Waals surface area contributed by atoms with Gasteiger partial charge in [-0.3, -0.25) is 0 Å². The summed E-state index contributed by atoms with van der Waals surface area (Å²) in [4.78, 5) is 10.3. The van der Waals surface area contributed by atoms with Gasteiger partial charge >= 0.3 is 0 Å². The lowest BCUT2D eigenvalue weighted by molar-refractivity contribution is -0.111. The van der Waals surface area contributed by atoms with Crippen LogP contribution in [0.1, 0.15) is 19.8 Å². The van der Waals surface area contributed by atoms with Crippen LogP contribution in [0, 0.1) is 5.41 Å². The summed E-state index contributed by atoms with van der Waals surface area (Å²) in [6.07, 6.45) is 3.06. The summed E-state index contributed by atoms with van der Waals surface area (Å²) in [5.41, 5.74) is 0.938. The zero-order valence-corrected chi connectivity index (χ0v) is 5.11. The summed E-state index contributed by atoms with van der Waals surface area (Å²) in [5, 5.41) is 0. The predicted molar refractivity (Wildman–Crippen MR) is 32.5 cm³/mol. The molecule has 1 rings (SSSR count). The molecule has 0 N–H and O–H groups in total. The first-order chi connectivity index (χ1) is 3.71. The first-order valence-corrected chi connectivity index (χ1v) is 2.84. The molecule has 0 aliphatic heterocycles. The normalized spacial score (nSPS) is 22.1. The summed E-state index contributed by atoms with van der Waals surface area (Å²) in [6.45, 7) is 5.65. The number of carbonyl (C=O) groups excluding carboxylic acids is 1. The van der Waals surface area contributed by atoms with E-state index in [1.807, 2.05) is 6.92 Å². The van der Waals surface area contributed by atoms with Gasteiger partial charge in [0.15, 0.2) is 0 Å². The van der Waals surface area contributed by atoms with Crippen LogP contribution in [0.25, 0.3) is 0 Å². The van der Waals surface area contributed by atoms with E-state index in [0.717, 1.165) is 24.7 Å². The first kappa shape index (κ1) is 5.54. The molecular formula is C7H10O. The molecule has 1 saturated carbocycles. The van der Waals surface area contributed by atoms with E-state index in [9.17, 15) is 4.79 Å². The predicted octanol–water partition coefficient (Wildman–Crippen LogP) is 1.54. The highest BCUT2D eigenvalue weighted by molar-refractivity contribution is 5.68. The second-order valence-electron chi connectivity index (χ2n) is 2.55. The molecule has 1 heteroatoms. The van der Waals surface area contributed by atoms with Gasteiger partial charge in [-0.2, -0.15) is 0 Å². The minimum absolute atomic E-state index is 0.0833. The van der Waals surface area contributed by atoms with Crippen molar-refractivity contribution in [1.29, 1.82) is 0 Å². The van der Waals surface area contributed by atoms with Crippen LogP contribution in [0.5, 0.6) is 0 Å². The van der Waals surface area contributed by atoms with Gasteiger partial charge in [0, 0.05) is 5.41 Å². The van der Waals surface area contributed by atoms with Crippen LogP contribution in [0.3, 0.4) is 0 Å². The average molecular weight is 110 g/mol. The molecule has 44 valence electrons. The molecule has 0 radical (unpaired) electrons. The van der Waals surface area contributed by atoms with Gasteiger partial charge in [-0.25, -0.2) is 0 Å². The van der Waals surface area contributed by atoms with Crippen molar-refractivity contribution in [1.82, 2.24) is 0 Å². The van der Waals surface area contributed by atoms with Crippen LogP contribution >= 0.6 is 0 Å². The average Bonchev–Trinajstić information content (AvgIpc) is 2.44. The van der Waals surface area contributed by atoms with Crippen molar-refractivity contribution in [3.8, 4) is 0 Å². The Balaban J connectivity index is 2.66. The Hall–Kier alpha value is -0.590. The summed E-state index contributed by atoms with van der Waals surface area (Å²) >= 11 is 0. The topological polar surface area (TPSA) is 17.1 Å². The smallest absolute Gasteiger partial charge is 0.130 e. The van der Waals surface area contributed by atoms with Crippen molar-refractivity contribution in [3.05, 3.63) is 12.2 Å². The minimum atomic E-state index is -0.0833. The number of hydrogen-bond donors (Lipinski definition) is 0. The second kappa shape index (κ2) is 1.44. The highest BCUT2D eigenvalue weighted by Crippen LogP contribution is 2.48. The Morgan fingerprint density at radius 3 is 2.25 bits per heavy atom. The van der Waals surface area contributed by atoms with Crippen LogP contribution in [0.2, 0.25) is 0 Å². The van der Waals surface area contributed by atoms with Crippen molar-refractivity contribution >= 4 is 6.29 Å². The number of aldehydes is 1. The van der Waals surface area contributed by atoms with Gasteiger partial charge in [0.2, 0.25) is 0 Å². The van der Waals surface area contributed by atoms with Crippen molar-refractivity contribution < 1.29 is 4.79 Å². The molecule has 0 amide bonds. The van der Waals surface area contributed by atoms with Crippen LogP contribution in [-0.4, -0.2) is 6.29 Å². The highest BCUT2D eigenvalue weighted by atomic mass is 16.1. The lowest BCUT2D eigenvalue weighted by atomic mass is 10.0. The van der Waals surface area contributed by atoms with E-state index in [0.29, 0.717) is 0 Å². The van der Waals surface area contributed by atoms with E-state index >= 15 is 0 Å². The fourth-order valence-corrected chi connectivity index (χ4v) is 0.780. The van der Waals surface area contributed by atoms with E-state index in [1.165, 1.54) is 0 Å². The fraction of sp³-hybridized carbons (Fsp3) is 0.571. The Morgan fingerprint density at radius 2 is 2.25 bits per heavy atom. The number of allylic oxidation sites excluding steroid dienone is 1. The zero-order chi connectivity index (χ0) is 6.20. The molecule has 0 saturated heterocycles. The van der Waals surface area contributed by atoms with Crippen molar-refractivity contribution in [3.63, 3.8) is 0 Å². The Bertz CT molecular complexity index is 131. The van der Waals surface area contributed by atoms with Gasteiger partial charge in [0.05, 0.1) is 0 Å². The lowest BCUT2D eigenvalue weighted by Gasteiger charge is -2.01. The van der Waals surface area contributed by atoms with Crippen LogP contribution in [0.4, 0.5) is 0 Å². The zero-order valence-electron chi connectivity index (χ0n) is 5.11. The third kappa shape index (κ3) is 0.585. The molecule has 0 heterocycles. The Kier molecular flexibility index (Phi) is 0.999. The van der Waals surface area contributed by atoms with Crippen molar-refractivity contribution in [2.75, 3.05) is 0 Å². The van der Waals surface area contributed by atoms with Crippen molar-refractivity contribution in [2.24, 2.45) is 5.41 Å². The van der Waals surface area contributed by atoms with Crippen LogP contribution in [-0.2, 0) is 4.79 Å². The molecule has 0 aromatic rings. The maximum absolute atomic E-state index is 10.3. The van der Waals surface area contributed by atoms with Gasteiger partial charge in [-0.15, -0.1) is 0 Å². The summed E-state index contributed by atoms with van der Waals surface area (Å²) < 4.78 is 0. The fourth-order valence-electron chi connectivity index (χ4n) is 0.780. The Labute approximate surface area is 49.4 Å². The van der Waals surface area contributed by atoms with E-state index in [-0.39, 0.29) is 5.41 Å². The monoisotopic (exact) mass is 110 g/mol. The second-order valence-corrected chi connectivity index (χ2v) is 2.55. The van der Waals surface area contributed by atoms with E-state index in [2.05, 4.69) is 6.58 Å². The first-order valence-electron chi connectivity index (χ1n) is 2.84. The largest absolute Gasteiger partial charge is 0.302 e. The number of rotatable bonds is 2. The minimum Gasteiger partial charge on any atom is -0.302 e. The number of carbonyl (C=O) groups is 1. The van der Waals surface area contributed by atoms with E-state index in [4.69, 9.17) is 0 Å². The Morgan fingerprint density at radius 1 is 1.75 bits per heavy atom. The lowest BCUT2D eigenvalue weighted by Crippen LogP contribution is -2.00. The molecule has 1 aliphatic rings. The molecule has 0 unspecified atom stereocenters. The molecular weight excluding hydrogens is 100 g/mol. The van der Waals surface area contributed by atoms with Gasteiger partial charge in [0.25, 0.3) is 0 Å². The standard InChI is InChI=1S/C7H10O/c1-6(2)7(5-8)3-4-7/h5H,1,3-4H2,2H3. The molecule has 0 atom stereocenters. The maximum Gasteiger partial charge on any atom is 0.130 e. The van der Waals surface area contributed by atoms with Crippen LogP contribution in [0.15, 0.2) is 12.2 Å². The summed E-state index contributed by atoms with van der Waals surface area (Å²) in [5.74, 6) is 0. The van der Waals surface area contributed by atoms with Gasteiger partial charge in [-0.05, 0) is 19.8 Å². The summed E-state index contributed by atoms with van der Waals surface area (Å²) in [6, 6.07) is 0. The van der Waals surface area contributed by atoms with Gasteiger partial charge in [-0.1, -0.05) is 12.2 Å². The summed E-state index contributed by atoms with van der Waals surface area (Å²) in [7, 11) is 0. The molecule has 8 heavy (non-hydrogen) atoms. The van der Waals surface area contributed by atoms with E-state index in [1.54, 1.807) is 0 Å². The maximum atomic E-state index is 10.3. The SMILES string of the molecule is C=C(C)C1(C=O)CC1. The molecule has 1 aliphatic carbocycles. The molecule has 0 spiro atoms. The molecule has 0 aromatic carbocycles. The third-order valence-electron chi connectivity index (χ3n) is 1.86. The molecule has 1 nitrogen and oxygen atoms in total. The quantitative estimate of drug-likeness (QED) is 0.389. The molecule has 1 fully saturated rings.